The summed E-state index contributed by atoms with van der Waals surface area (Å²) in [5.74, 6) is -0.684. The summed E-state index contributed by atoms with van der Waals surface area (Å²) in [6.07, 6.45) is 3.82. The first-order valence-electron chi connectivity index (χ1n) is 8.73. The summed E-state index contributed by atoms with van der Waals surface area (Å²) < 4.78 is 18.3. The molecule has 0 spiro atoms. The normalized spacial score (nSPS) is 22.0. The molecule has 0 atom stereocenters. The van der Waals surface area contributed by atoms with Crippen LogP contribution in [0.15, 0.2) is 18.2 Å². The number of carbonyl (C=O) groups excluding carboxylic acids is 1. The van der Waals surface area contributed by atoms with Crippen LogP contribution >= 0.6 is 11.6 Å². The topological polar surface area (TPSA) is 78.9 Å². The van der Waals surface area contributed by atoms with Crippen molar-refractivity contribution in [2.75, 3.05) is 19.7 Å². The summed E-state index contributed by atoms with van der Waals surface area (Å²) >= 11 is 5.85. The van der Waals surface area contributed by atoms with Crippen LogP contribution in [0.5, 0.6) is 5.75 Å². The molecule has 3 rings (SSSR count). The number of halogens is 2. The Kier molecular flexibility index (Phi) is 5.98. The number of ether oxygens (including phenoxy) is 1. The fourth-order valence-corrected chi connectivity index (χ4v) is 3.38. The second kappa shape index (κ2) is 8.22. The fourth-order valence-electron chi connectivity index (χ4n) is 3.16. The highest BCUT2D eigenvalue weighted by atomic mass is 35.5. The van der Waals surface area contributed by atoms with Gasteiger partial charge in [-0.1, -0.05) is 11.6 Å². The molecule has 0 radical (unpaired) electrons. The highest BCUT2D eigenvalue weighted by Gasteiger charge is 2.37. The van der Waals surface area contributed by atoms with E-state index >= 15 is 0 Å². The lowest BCUT2D eigenvalue weighted by Crippen LogP contribution is -2.55. The number of hydrogen-bond acceptors (Lipinski definition) is 4. The predicted octanol–water partition coefficient (Wildman–Crippen LogP) is 2.30. The molecule has 0 aliphatic heterocycles. The molecule has 1 aromatic carbocycles. The van der Waals surface area contributed by atoms with Crippen molar-refractivity contribution < 1.29 is 23.8 Å². The van der Waals surface area contributed by atoms with Crippen molar-refractivity contribution in [3.63, 3.8) is 0 Å². The Hall–Kier alpha value is -1.86. The van der Waals surface area contributed by atoms with E-state index in [2.05, 4.69) is 5.32 Å². The molecule has 0 heterocycles. The van der Waals surface area contributed by atoms with Gasteiger partial charge in [-0.15, -0.1) is 0 Å². The summed E-state index contributed by atoms with van der Waals surface area (Å²) in [5.41, 5.74) is 0. The molecule has 2 aliphatic carbocycles. The average molecular weight is 385 g/mol. The largest absolute Gasteiger partial charge is 0.482 e. The van der Waals surface area contributed by atoms with E-state index in [1.54, 1.807) is 0 Å². The van der Waals surface area contributed by atoms with E-state index in [9.17, 15) is 14.0 Å². The van der Waals surface area contributed by atoms with Gasteiger partial charge in [-0.2, -0.15) is 0 Å². The number of carbonyl (C=O) groups is 2. The van der Waals surface area contributed by atoms with Gasteiger partial charge in [-0.05, 0) is 49.8 Å². The maximum Gasteiger partial charge on any atom is 0.317 e. The SMILES string of the molecule is O=C(O)CN(CC1CC1)C1CC(NC(=O)COc2ccc(F)cc2Cl)C1. The Morgan fingerprint density at radius 3 is 2.69 bits per heavy atom. The third-order valence-corrected chi connectivity index (χ3v) is 5.07. The zero-order valence-electron chi connectivity index (χ0n) is 14.3. The summed E-state index contributed by atoms with van der Waals surface area (Å²) in [4.78, 5) is 25.0. The van der Waals surface area contributed by atoms with Gasteiger partial charge in [-0.25, -0.2) is 4.39 Å². The standard InChI is InChI=1S/C18H22ClFN2O4/c19-15-5-12(20)3-4-16(15)26-10-17(23)21-13-6-14(7-13)22(9-18(24)25)8-11-1-2-11/h3-5,11,13-14H,1-2,6-10H2,(H,21,23)(H,24,25). The van der Waals surface area contributed by atoms with E-state index < -0.39 is 11.8 Å². The highest BCUT2D eigenvalue weighted by molar-refractivity contribution is 6.32. The van der Waals surface area contributed by atoms with Gasteiger partial charge in [0.15, 0.2) is 6.61 Å². The zero-order chi connectivity index (χ0) is 18.7. The van der Waals surface area contributed by atoms with Crippen molar-refractivity contribution in [1.82, 2.24) is 10.2 Å². The lowest BCUT2D eigenvalue weighted by atomic mass is 9.85. The zero-order valence-corrected chi connectivity index (χ0v) is 15.0. The van der Waals surface area contributed by atoms with Crippen LogP contribution in [-0.4, -0.2) is 53.7 Å². The number of hydrogen-bond donors (Lipinski definition) is 2. The van der Waals surface area contributed by atoms with Crippen molar-refractivity contribution in [3.8, 4) is 5.75 Å². The van der Waals surface area contributed by atoms with Crippen LogP contribution in [0, 0.1) is 11.7 Å². The lowest BCUT2D eigenvalue weighted by Gasteiger charge is -2.42. The second-order valence-electron chi connectivity index (χ2n) is 7.02. The summed E-state index contributed by atoms with van der Waals surface area (Å²) in [5, 5.41) is 12.0. The van der Waals surface area contributed by atoms with Crippen LogP contribution in [0.2, 0.25) is 5.02 Å². The first kappa shape index (κ1) is 18.9. The number of rotatable bonds is 9. The molecule has 142 valence electrons. The van der Waals surface area contributed by atoms with Crippen molar-refractivity contribution >= 4 is 23.5 Å². The van der Waals surface area contributed by atoms with Crippen LogP contribution in [-0.2, 0) is 9.59 Å². The van der Waals surface area contributed by atoms with Crippen molar-refractivity contribution in [1.29, 1.82) is 0 Å². The Morgan fingerprint density at radius 1 is 1.35 bits per heavy atom. The number of nitrogens with zero attached hydrogens (tertiary/aromatic N) is 1. The van der Waals surface area contributed by atoms with Crippen LogP contribution < -0.4 is 10.1 Å². The molecule has 2 saturated carbocycles. The molecule has 8 heteroatoms. The minimum absolute atomic E-state index is 0.0234. The van der Waals surface area contributed by atoms with Gasteiger partial charge in [-0.3, -0.25) is 14.5 Å². The Bertz CT molecular complexity index is 677. The Morgan fingerprint density at radius 2 is 2.08 bits per heavy atom. The lowest BCUT2D eigenvalue weighted by molar-refractivity contribution is -0.140. The first-order chi connectivity index (χ1) is 12.4. The van der Waals surface area contributed by atoms with Crippen LogP contribution in [0.3, 0.4) is 0 Å². The molecule has 2 N–H and O–H groups in total. The molecule has 0 saturated heterocycles. The van der Waals surface area contributed by atoms with Gasteiger partial charge in [0.25, 0.3) is 5.91 Å². The maximum atomic E-state index is 13.0. The van der Waals surface area contributed by atoms with Crippen molar-refractivity contribution in [3.05, 3.63) is 29.0 Å². The van der Waals surface area contributed by atoms with E-state index in [4.69, 9.17) is 21.4 Å². The second-order valence-corrected chi connectivity index (χ2v) is 7.43. The average Bonchev–Trinajstić information content (AvgIpc) is 3.32. The van der Waals surface area contributed by atoms with Gasteiger partial charge < -0.3 is 15.2 Å². The summed E-state index contributed by atoms with van der Waals surface area (Å²) in [6, 6.07) is 3.94. The predicted molar refractivity (Wildman–Crippen MR) is 93.8 cm³/mol. The molecule has 1 aromatic rings. The van der Waals surface area contributed by atoms with Gasteiger partial charge in [0.2, 0.25) is 0 Å². The number of aliphatic carboxylic acids is 1. The maximum absolute atomic E-state index is 13.0. The molecule has 0 aromatic heterocycles. The number of carboxylic acids is 1. The number of carboxylic acid groups (broad SMARTS) is 1. The quantitative estimate of drug-likeness (QED) is 0.683. The van der Waals surface area contributed by atoms with Gasteiger partial charge in [0, 0.05) is 18.6 Å². The monoisotopic (exact) mass is 384 g/mol. The van der Waals surface area contributed by atoms with Crippen molar-refractivity contribution in [2.24, 2.45) is 5.92 Å². The van der Waals surface area contributed by atoms with E-state index in [1.807, 2.05) is 4.90 Å². The van der Waals surface area contributed by atoms with Gasteiger partial charge in [0.05, 0.1) is 11.6 Å². The number of amides is 1. The van der Waals surface area contributed by atoms with Crippen molar-refractivity contribution in [2.45, 2.75) is 37.8 Å². The Labute approximate surface area is 156 Å². The molecular weight excluding hydrogens is 363 g/mol. The van der Waals surface area contributed by atoms with E-state index in [0.717, 1.165) is 25.5 Å². The van der Waals surface area contributed by atoms with Crippen LogP contribution in [0.4, 0.5) is 4.39 Å². The summed E-state index contributed by atoms with van der Waals surface area (Å²) in [7, 11) is 0. The van der Waals surface area contributed by atoms with Crippen LogP contribution in [0.25, 0.3) is 0 Å². The minimum Gasteiger partial charge on any atom is -0.482 e. The third kappa shape index (κ3) is 5.32. The van der Waals surface area contributed by atoms with Gasteiger partial charge in [0.1, 0.15) is 11.6 Å². The molecule has 1 amide bonds. The number of benzene rings is 1. The third-order valence-electron chi connectivity index (χ3n) is 4.78. The number of nitrogens with one attached hydrogen (secondary N) is 1. The molecule has 6 nitrogen and oxygen atoms in total. The highest BCUT2D eigenvalue weighted by Crippen LogP contribution is 2.33. The van der Waals surface area contributed by atoms with Crippen LogP contribution in [0.1, 0.15) is 25.7 Å². The molecule has 2 fully saturated rings. The molecule has 0 bridgehead atoms. The molecule has 0 unspecified atom stereocenters. The van der Waals surface area contributed by atoms with Gasteiger partial charge >= 0.3 is 5.97 Å². The smallest absolute Gasteiger partial charge is 0.317 e. The minimum atomic E-state index is -0.817. The molecule has 2 aliphatic rings. The van der Waals surface area contributed by atoms with E-state index in [-0.39, 0.29) is 41.9 Å². The van der Waals surface area contributed by atoms with E-state index in [1.165, 1.54) is 25.0 Å². The van der Waals surface area contributed by atoms with E-state index in [0.29, 0.717) is 5.92 Å². The summed E-state index contributed by atoms with van der Waals surface area (Å²) in [6.45, 7) is 0.672. The molecule has 26 heavy (non-hydrogen) atoms. The Balaban J connectivity index is 1.40. The fraction of sp³-hybridized carbons (Fsp3) is 0.556. The first-order valence-corrected chi connectivity index (χ1v) is 9.11. The molecular formula is C18H22ClFN2O4.